The van der Waals surface area contributed by atoms with Gasteiger partial charge in [-0.05, 0) is 35.0 Å². The monoisotopic (exact) mass is 385 g/mol. The third-order valence-electron chi connectivity index (χ3n) is 3.91. The van der Waals surface area contributed by atoms with Crippen molar-refractivity contribution < 1.29 is 13.6 Å². The third-order valence-corrected chi connectivity index (χ3v) is 6.21. The number of halogens is 2. The Balaban J connectivity index is 1.58. The topological polar surface area (TPSA) is 63.9 Å². The molecule has 1 atom stereocenters. The van der Waals surface area contributed by atoms with Gasteiger partial charge in [-0.2, -0.15) is 11.8 Å². The van der Waals surface area contributed by atoms with Gasteiger partial charge >= 0.3 is 0 Å². The van der Waals surface area contributed by atoms with Gasteiger partial charge in [0.05, 0.1) is 5.75 Å². The summed E-state index contributed by atoms with van der Waals surface area (Å²) < 4.78 is 28.9. The molecule has 1 saturated heterocycles. The predicted octanol–water partition coefficient (Wildman–Crippen LogP) is 2.29. The lowest BCUT2D eigenvalue weighted by Gasteiger charge is -2.20. The highest BCUT2D eigenvalue weighted by Crippen LogP contribution is 2.36. The second-order valence-electron chi connectivity index (χ2n) is 5.57. The SMILES string of the molecule is Cn1nnnc1SCC(=O)N1CCSC(c2cc(F)ccc2F)CC1. The number of nitrogens with zero attached hydrogens (tertiary/aromatic N) is 5. The van der Waals surface area contributed by atoms with Crippen molar-refractivity contribution in [2.75, 3.05) is 24.6 Å². The lowest BCUT2D eigenvalue weighted by molar-refractivity contribution is -0.128. The van der Waals surface area contributed by atoms with Crippen molar-refractivity contribution in [2.24, 2.45) is 7.05 Å². The van der Waals surface area contributed by atoms with Gasteiger partial charge in [0, 0.05) is 36.7 Å². The highest BCUT2D eigenvalue weighted by atomic mass is 32.2. The number of rotatable bonds is 4. The molecular weight excluding hydrogens is 368 g/mol. The maximum absolute atomic E-state index is 14.0. The number of amides is 1. The quantitative estimate of drug-likeness (QED) is 0.753. The summed E-state index contributed by atoms with van der Waals surface area (Å²) in [5, 5.41) is 11.5. The number of aromatic nitrogens is 4. The Kier molecular flexibility index (Phi) is 5.89. The molecule has 1 unspecified atom stereocenters. The first kappa shape index (κ1) is 18.1. The Morgan fingerprint density at radius 1 is 1.40 bits per heavy atom. The molecule has 1 aliphatic heterocycles. The fourth-order valence-corrected chi connectivity index (χ4v) is 4.59. The van der Waals surface area contributed by atoms with Gasteiger partial charge in [-0.15, -0.1) is 5.10 Å². The van der Waals surface area contributed by atoms with E-state index in [1.54, 1.807) is 23.7 Å². The molecule has 1 aromatic carbocycles. The summed E-state index contributed by atoms with van der Waals surface area (Å²) in [4.78, 5) is 14.2. The molecule has 6 nitrogen and oxygen atoms in total. The van der Waals surface area contributed by atoms with Gasteiger partial charge in [0.2, 0.25) is 11.1 Å². The molecule has 25 heavy (non-hydrogen) atoms. The molecule has 10 heteroatoms. The zero-order chi connectivity index (χ0) is 17.8. The summed E-state index contributed by atoms with van der Waals surface area (Å²) in [6, 6.07) is 3.53. The van der Waals surface area contributed by atoms with E-state index in [2.05, 4.69) is 15.5 Å². The van der Waals surface area contributed by atoms with Crippen LogP contribution in [-0.2, 0) is 11.8 Å². The summed E-state index contributed by atoms with van der Waals surface area (Å²) in [5.74, 6) is 0.0845. The summed E-state index contributed by atoms with van der Waals surface area (Å²) in [6.45, 7) is 1.11. The minimum Gasteiger partial charge on any atom is -0.341 e. The summed E-state index contributed by atoms with van der Waals surface area (Å²) >= 11 is 2.84. The fourth-order valence-electron chi connectivity index (χ4n) is 2.59. The van der Waals surface area contributed by atoms with Gasteiger partial charge in [-0.3, -0.25) is 4.79 Å². The van der Waals surface area contributed by atoms with Crippen molar-refractivity contribution >= 4 is 29.4 Å². The zero-order valence-electron chi connectivity index (χ0n) is 13.6. The summed E-state index contributed by atoms with van der Waals surface area (Å²) in [5.41, 5.74) is 0.374. The molecular formula is C15H17F2N5OS2. The van der Waals surface area contributed by atoms with Crippen LogP contribution in [-0.4, -0.2) is 55.6 Å². The number of hydrogen-bond donors (Lipinski definition) is 0. The van der Waals surface area contributed by atoms with E-state index in [1.165, 1.54) is 22.5 Å². The minimum atomic E-state index is -0.442. The number of benzene rings is 1. The largest absolute Gasteiger partial charge is 0.341 e. The summed E-state index contributed by atoms with van der Waals surface area (Å²) in [7, 11) is 1.72. The highest BCUT2D eigenvalue weighted by molar-refractivity contribution is 8.00. The molecule has 0 saturated carbocycles. The van der Waals surface area contributed by atoms with Gasteiger partial charge < -0.3 is 4.90 Å². The van der Waals surface area contributed by atoms with Crippen LogP contribution in [0.25, 0.3) is 0 Å². The van der Waals surface area contributed by atoms with Gasteiger partial charge in [-0.25, -0.2) is 13.5 Å². The van der Waals surface area contributed by atoms with Crippen LogP contribution in [0.3, 0.4) is 0 Å². The number of carbonyl (C=O) groups excluding carboxylic acids is 1. The van der Waals surface area contributed by atoms with E-state index in [0.29, 0.717) is 36.0 Å². The van der Waals surface area contributed by atoms with Gasteiger partial charge in [0.1, 0.15) is 11.6 Å². The number of carbonyl (C=O) groups is 1. The Hall–Kier alpha value is -1.68. The zero-order valence-corrected chi connectivity index (χ0v) is 15.2. The number of tetrazole rings is 1. The molecule has 0 aliphatic carbocycles. The number of hydrogen-bond acceptors (Lipinski definition) is 6. The van der Waals surface area contributed by atoms with Crippen LogP contribution in [0.5, 0.6) is 0 Å². The fraction of sp³-hybridized carbons (Fsp3) is 0.467. The van der Waals surface area contributed by atoms with Gasteiger partial charge in [0.25, 0.3) is 0 Å². The lowest BCUT2D eigenvalue weighted by Crippen LogP contribution is -2.34. The van der Waals surface area contributed by atoms with Crippen molar-refractivity contribution in [1.82, 2.24) is 25.1 Å². The molecule has 0 spiro atoms. The molecule has 1 aromatic heterocycles. The lowest BCUT2D eigenvalue weighted by atomic mass is 10.1. The maximum atomic E-state index is 14.0. The molecule has 3 rings (SSSR count). The molecule has 0 radical (unpaired) electrons. The van der Waals surface area contributed by atoms with Crippen molar-refractivity contribution in [3.8, 4) is 0 Å². The summed E-state index contributed by atoms with van der Waals surface area (Å²) in [6.07, 6.45) is 0.590. The molecule has 0 N–H and O–H groups in total. The van der Waals surface area contributed by atoms with Crippen LogP contribution in [0.4, 0.5) is 8.78 Å². The van der Waals surface area contributed by atoms with Crippen LogP contribution in [0.15, 0.2) is 23.4 Å². The average Bonchev–Trinajstić information content (AvgIpc) is 2.85. The van der Waals surface area contributed by atoms with E-state index in [0.717, 1.165) is 12.1 Å². The second kappa shape index (κ2) is 8.13. The first-order valence-corrected chi connectivity index (χ1v) is 9.77. The Morgan fingerprint density at radius 2 is 2.24 bits per heavy atom. The van der Waals surface area contributed by atoms with E-state index in [-0.39, 0.29) is 16.9 Å². The van der Waals surface area contributed by atoms with Crippen LogP contribution in [0, 0.1) is 11.6 Å². The molecule has 1 aliphatic rings. The van der Waals surface area contributed by atoms with E-state index < -0.39 is 11.6 Å². The van der Waals surface area contributed by atoms with Crippen molar-refractivity contribution in [1.29, 1.82) is 0 Å². The first-order chi connectivity index (χ1) is 12.0. The minimum absolute atomic E-state index is 0.00559. The van der Waals surface area contributed by atoms with Crippen molar-refractivity contribution in [2.45, 2.75) is 16.8 Å². The third kappa shape index (κ3) is 4.49. The number of aryl methyl sites for hydroxylation is 1. The smallest absolute Gasteiger partial charge is 0.233 e. The Labute approximate surface area is 152 Å². The maximum Gasteiger partial charge on any atom is 0.233 e. The van der Waals surface area contributed by atoms with Crippen LogP contribution >= 0.6 is 23.5 Å². The first-order valence-electron chi connectivity index (χ1n) is 7.74. The number of thioether (sulfide) groups is 2. The molecule has 2 heterocycles. The highest BCUT2D eigenvalue weighted by Gasteiger charge is 2.24. The Morgan fingerprint density at radius 3 is 3.00 bits per heavy atom. The normalized spacial score (nSPS) is 18.2. The van der Waals surface area contributed by atoms with E-state index in [9.17, 15) is 13.6 Å². The van der Waals surface area contributed by atoms with Crippen LogP contribution in [0.1, 0.15) is 17.2 Å². The average molecular weight is 385 g/mol. The Bertz CT molecular complexity index is 757. The predicted molar refractivity (Wildman–Crippen MR) is 92.3 cm³/mol. The van der Waals surface area contributed by atoms with E-state index in [1.807, 2.05) is 0 Å². The van der Waals surface area contributed by atoms with Crippen molar-refractivity contribution in [3.63, 3.8) is 0 Å². The van der Waals surface area contributed by atoms with Crippen LogP contribution < -0.4 is 0 Å². The standard InChI is InChI=1S/C15H17F2N5OS2/c1-21-15(18-19-20-21)25-9-14(23)22-5-4-13(24-7-6-22)11-8-10(16)2-3-12(11)17/h2-3,8,13H,4-7,9H2,1H3. The molecule has 1 amide bonds. The molecule has 0 bridgehead atoms. The molecule has 1 fully saturated rings. The molecule has 134 valence electrons. The van der Waals surface area contributed by atoms with Gasteiger partial charge in [-0.1, -0.05) is 11.8 Å². The second-order valence-corrected chi connectivity index (χ2v) is 7.82. The molecule has 2 aromatic rings. The van der Waals surface area contributed by atoms with E-state index >= 15 is 0 Å². The van der Waals surface area contributed by atoms with E-state index in [4.69, 9.17) is 0 Å². The van der Waals surface area contributed by atoms with Crippen LogP contribution in [0.2, 0.25) is 0 Å². The van der Waals surface area contributed by atoms with Gasteiger partial charge in [0.15, 0.2) is 0 Å². The van der Waals surface area contributed by atoms with Crippen molar-refractivity contribution in [3.05, 3.63) is 35.4 Å².